The van der Waals surface area contributed by atoms with E-state index >= 15 is 0 Å². The first kappa shape index (κ1) is 25.0. The van der Waals surface area contributed by atoms with E-state index < -0.39 is 0 Å². The third-order valence-electron chi connectivity index (χ3n) is 4.98. The van der Waals surface area contributed by atoms with Gasteiger partial charge in [-0.1, -0.05) is 59.7 Å². The molecule has 3 aromatic rings. The van der Waals surface area contributed by atoms with Crippen molar-refractivity contribution in [1.82, 2.24) is 21.3 Å². The van der Waals surface area contributed by atoms with Crippen molar-refractivity contribution in [2.75, 3.05) is 0 Å². The van der Waals surface area contributed by atoms with Gasteiger partial charge in [-0.05, 0) is 73.7 Å². The summed E-state index contributed by atoms with van der Waals surface area (Å²) in [4.78, 5) is 24.5. The van der Waals surface area contributed by atoms with E-state index in [0.717, 1.165) is 22.3 Å². The standard InChI is InChI=1S/C26H26N4O2S2/c1-17-6-10-21(11-7-17)23(31)29-25(33)27-15-19-4-3-5-20(14-19)16-28-26(34)30-24(32)22-12-8-18(2)9-13-22/h3-14H,15-16H2,1-2H3,(H2,27,29,31,33)(H2,28,30,32,34). The third kappa shape index (κ3) is 7.75. The van der Waals surface area contributed by atoms with Crippen LogP contribution < -0.4 is 21.3 Å². The summed E-state index contributed by atoms with van der Waals surface area (Å²) in [5.41, 5.74) is 5.24. The van der Waals surface area contributed by atoms with E-state index in [-0.39, 0.29) is 22.0 Å². The molecule has 0 radical (unpaired) electrons. The molecule has 4 N–H and O–H groups in total. The molecule has 0 atom stereocenters. The first-order valence-electron chi connectivity index (χ1n) is 10.7. The van der Waals surface area contributed by atoms with Crippen LogP contribution in [0.4, 0.5) is 0 Å². The van der Waals surface area contributed by atoms with Crippen molar-refractivity contribution in [2.24, 2.45) is 0 Å². The Hall–Kier alpha value is -3.62. The Bertz CT molecular complexity index is 1100. The molecule has 0 saturated heterocycles. The zero-order valence-electron chi connectivity index (χ0n) is 19.0. The van der Waals surface area contributed by atoms with Gasteiger partial charge in [-0.15, -0.1) is 0 Å². The van der Waals surface area contributed by atoms with Gasteiger partial charge < -0.3 is 10.6 Å². The summed E-state index contributed by atoms with van der Waals surface area (Å²) in [5, 5.41) is 12.0. The molecular weight excluding hydrogens is 464 g/mol. The number of hydrogen-bond acceptors (Lipinski definition) is 4. The highest BCUT2D eigenvalue weighted by atomic mass is 32.1. The number of benzene rings is 3. The summed E-state index contributed by atoms with van der Waals surface area (Å²) in [6.45, 7) is 4.84. The summed E-state index contributed by atoms with van der Waals surface area (Å²) in [7, 11) is 0. The zero-order chi connectivity index (χ0) is 24.5. The molecular formula is C26H26N4O2S2. The maximum Gasteiger partial charge on any atom is 0.257 e. The molecule has 6 nitrogen and oxygen atoms in total. The molecule has 0 aliphatic carbocycles. The average Bonchev–Trinajstić information content (AvgIpc) is 2.82. The highest BCUT2D eigenvalue weighted by molar-refractivity contribution is 7.80. The van der Waals surface area contributed by atoms with Gasteiger partial charge in [-0.3, -0.25) is 20.2 Å². The second-order valence-corrected chi connectivity index (χ2v) is 8.64. The van der Waals surface area contributed by atoms with Crippen LogP contribution in [0.5, 0.6) is 0 Å². The van der Waals surface area contributed by atoms with Crippen molar-refractivity contribution in [3.05, 3.63) is 106 Å². The highest BCUT2D eigenvalue weighted by Gasteiger charge is 2.09. The lowest BCUT2D eigenvalue weighted by Gasteiger charge is -2.12. The van der Waals surface area contributed by atoms with E-state index in [4.69, 9.17) is 24.4 Å². The van der Waals surface area contributed by atoms with Crippen LogP contribution in [0.15, 0.2) is 72.8 Å². The monoisotopic (exact) mass is 490 g/mol. The van der Waals surface area contributed by atoms with Gasteiger partial charge >= 0.3 is 0 Å². The topological polar surface area (TPSA) is 82.3 Å². The molecule has 3 rings (SSSR count). The van der Waals surface area contributed by atoms with E-state index in [1.807, 2.05) is 62.4 Å². The molecule has 0 heterocycles. The Morgan fingerprint density at radius 2 is 1.03 bits per heavy atom. The second-order valence-electron chi connectivity index (χ2n) is 7.83. The number of carbonyl (C=O) groups excluding carboxylic acids is 2. The van der Waals surface area contributed by atoms with Gasteiger partial charge in [0.05, 0.1) is 0 Å². The Labute approximate surface area is 210 Å². The van der Waals surface area contributed by atoms with Gasteiger partial charge in [-0.2, -0.15) is 0 Å². The van der Waals surface area contributed by atoms with Gasteiger partial charge in [0.25, 0.3) is 11.8 Å². The van der Waals surface area contributed by atoms with Gasteiger partial charge in [0.1, 0.15) is 0 Å². The van der Waals surface area contributed by atoms with E-state index in [1.165, 1.54) is 0 Å². The number of amides is 2. The Morgan fingerprint density at radius 3 is 1.41 bits per heavy atom. The maximum absolute atomic E-state index is 12.3. The van der Waals surface area contributed by atoms with Crippen LogP contribution in [0.25, 0.3) is 0 Å². The number of hydrogen-bond donors (Lipinski definition) is 4. The van der Waals surface area contributed by atoms with Crippen LogP contribution in [0, 0.1) is 13.8 Å². The molecule has 2 amide bonds. The minimum atomic E-state index is -0.253. The van der Waals surface area contributed by atoms with Crippen LogP contribution in [-0.4, -0.2) is 22.0 Å². The quantitative estimate of drug-likeness (QED) is 0.392. The Morgan fingerprint density at radius 1 is 0.647 bits per heavy atom. The van der Waals surface area contributed by atoms with Crippen molar-refractivity contribution < 1.29 is 9.59 Å². The number of thiocarbonyl (C=S) groups is 2. The van der Waals surface area contributed by atoms with E-state index in [2.05, 4.69) is 21.3 Å². The van der Waals surface area contributed by atoms with E-state index in [9.17, 15) is 9.59 Å². The molecule has 0 bridgehead atoms. The third-order valence-corrected chi connectivity index (χ3v) is 5.47. The minimum absolute atomic E-state index is 0.253. The Balaban J connectivity index is 1.45. The van der Waals surface area contributed by atoms with Crippen molar-refractivity contribution in [3.8, 4) is 0 Å². The predicted molar refractivity (Wildman–Crippen MR) is 143 cm³/mol. The smallest absolute Gasteiger partial charge is 0.257 e. The maximum atomic E-state index is 12.3. The summed E-state index contributed by atoms with van der Waals surface area (Å²) in [5.74, 6) is -0.506. The first-order valence-corrected chi connectivity index (χ1v) is 11.5. The molecule has 0 aliphatic heterocycles. The molecule has 0 unspecified atom stereocenters. The number of nitrogens with one attached hydrogen (secondary N) is 4. The predicted octanol–water partition coefficient (Wildman–Crippen LogP) is 3.91. The molecule has 0 saturated carbocycles. The Kier molecular flexibility index (Phi) is 8.84. The number of aryl methyl sites for hydroxylation is 2. The molecule has 174 valence electrons. The van der Waals surface area contributed by atoms with Crippen molar-refractivity contribution >= 4 is 46.5 Å². The average molecular weight is 491 g/mol. The fraction of sp³-hybridized carbons (Fsp3) is 0.154. The summed E-state index contributed by atoms with van der Waals surface area (Å²) < 4.78 is 0. The van der Waals surface area contributed by atoms with Crippen LogP contribution in [-0.2, 0) is 13.1 Å². The number of carbonyl (C=O) groups is 2. The molecule has 0 aromatic heterocycles. The summed E-state index contributed by atoms with van der Waals surface area (Å²) in [6, 6.07) is 22.4. The molecule has 0 spiro atoms. The van der Waals surface area contributed by atoms with Gasteiger partial charge in [0, 0.05) is 24.2 Å². The molecule has 34 heavy (non-hydrogen) atoms. The van der Waals surface area contributed by atoms with Crippen molar-refractivity contribution in [1.29, 1.82) is 0 Å². The van der Waals surface area contributed by atoms with Crippen molar-refractivity contribution in [3.63, 3.8) is 0 Å². The van der Waals surface area contributed by atoms with E-state index in [1.54, 1.807) is 24.3 Å². The highest BCUT2D eigenvalue weighted by Crippen LogP contribution is 2.06. The largest absolute Gasteiger partial charge is 0.358 e. The fourth-order valence-electron chi connectivity index (χ4n) is 3.06. The van der Waals surface area contributed by atoms with Gasteiger partial charge in [0.2, 0.25) is 0 Å². The molecule has 0 aliphatic rings. The van der Waals surface area contributed by atoms with Gasteiger partial charge in [-0.25, -0.2) is 0 Å². The normalized spacial score (nSPS) is 10.2. The molecule has 8 heteroatoms. The lowest BCUT2D eigenvalue weighted by atomic mass is 10.1. The zero-order valence-corrected chi connectivity index (χ0v) is 20.6. The van der Waals surface area contributed by atoms with Crippen molar-refractivity contribution in [2.45, 2.75) is 26.9 Å². The summed E-state index contributed by atoms with van der Waals surface area (Å²) >= 11 is 10.5. The van der Waals surface area contributed by atoms with E-state index in [0.29, 0.717) is 24.2 Å². The van der Waals surface area contributed by atoms with Gasteiger partial charge in [0.15, 0.2) is 10.2 Å². The lowest BCUT2D eigenvalue weighted by Crippen LogP contribution is -2.39. The van der Waals surface area contributed by atoms with Crippen LogP contribution in [0.3, 0.4) is 0 Å². The first-order chi connectivity index (χ1) is 16.3. The SMILES string of the molecule is Cc1ccc(C(=O)NC(=S)NCc2cccc(CNC(=S)NC(=O)c3ccc(C)cc3)c2)cc1. The summed E-state index contributed by atoms with van der Waals surface area (Å²) in [6.07, 6.45) is 0. The molecule has 0 fully saturated rings. The van der Waals surface area contributed by atoms with Crippen LogP contribution in [0.1, 0.15) is 43.0 Å². The minimum Gasteiger partial charge on any atom is -0.358 e. The fourth-order valence-corrected chi connectivity index (χ4v) is 3.39. The molecule has 3 aromatic carbocycles. The van der Waals surface area contributed by atoms with Crippen LogP contribution >= 0.6 is 24.4 Å². The number of rotatable bonds is 6. The van der Waals surface area contributed by atoms with Crippen LogP contribution in [0.2, 0.25) is 0 Å². The lowest BCUT2D eigenvalue weighted by molar-refractivity contribution is 0.0968. The second kappa shape index (κ2) is 12.0.